The van der Waals surface area contributed by atoms with Crippen molar-refractivity contribution < 1.29 is 9.13 Å². The van der Waals surface area contributed by atoms with Crippen LogP contribution in [0.1, 0.15) is 37.1 Å². The van der Waals surface area contributed by atoms with E-state index in [0.29, 0.717) is 5.75 Å². The number of hydrogen-bond acceptors (Lipinski definition) is 2. The summed E-state index contributed by atoms with van der Waals surface area (Å²) in [5.41, 5.74) is 4.57. The van der Waals surface area contributed by atoms with Gasteiger partial charge in [-0.05, 0) is 83.3 Å². The first-order valence-electron chi connectivity index (χ1n) is 10.4. The van der Waals surface area contributed by atoms with Crippen LogP contribution < -0.4 is 10.1 Å². The molecule has 0 radical (unpaired) electrons. The fourth-order valence-corrected chi connectivity index (χ4v) is 4.16. The number of ether oxygens (including phenoxy) is 1. The molecule has 0 aliphatic heterocycles. The number of benzene rings is 4. The van der Waals surface area contributed by atoms with Gasteiger partial charge in [0.05, 0.1) is 0 Å². The van der Waals surface area contributed by atoms with Crippen LogP contribution in [0.5, 0.6) is 5.75 Å². The van der Waals surface area contributed by atoms with Gasteiger partial charge in [-0.25, -0.2) is 4.39 Å². The van der Waals surface area contributed by atoms with Crippen LogP contribution in [0.3, 0.4) is 0 Å². The van der Waals surface area contributed by atoms with Crippen molar-refractivity contribution in [2.75, 3.05) is 6.86 Å². The first-order chi connectivity index (χ1) is 15.0. The molecule has 158 valence electrons. The molecule has 31 heavy (non-hydrogen) atoms. The average Bonchev–Trinajstić information content (AvgIpc) is 2.79. The van der Waals surface area contributed by atoms with Crippen LogP contribution in [-0.2, 0) is 0 Å². The van der Waals surface area contributed by atoms with Crippen molar-refractivity contribution in [3.05, 3.63) is 101 Å². The van der Waals surface area contributed by atoms with Gasteiger partial charge >= 0.3 is 0 Å². The maximum Gasteiger partial charge on any atom is 0.228 e. The molecule has 4 aromatic carbocycles. The average molecular weight is 434 g/mol. The summed E-state index contributed by atoms with van der Waals surface area (Å²) in [6.07, 6.45) is 0. The Morgan fingerprint density at radius 2 is 1.58 bits per heavy atom. The number of halogens is 2. The number of nitrogens with one attached hydrogen (secondary N) is 1. The Hall–Kier alpha value is -2.88. The van der Waals surface area contributed by atoms with E-state index >= 15 is 0 Å². The highest BCUT2D eigenvalue weighted by atomic mass is 35.5. The zero-order valence-corrected chi connectivity index (χ0v) is 18.4. The molecule has 1 N–H and O–H groups in total. The van der Waals surface area contributed by atoms with E-state index in [2.05, 4.69) is 61.6 Å². The molecule has 0 saturated heterocycles. The third kappa shape index (κ3) is 4.90. The summed E-state index contributed by atoms with van der Waals surface area (Å²) in [5.74, 6) is 0.525. The van der Waals surface area contributed by atoms with Gasteiger partial charge in [0, 0.05) is 17.1 Å². The minimum Gasteiger partial charge on any atom is -0.463 e. The molecule has 2 nitrogen and oxygen atoms in total. The lowest BCUT2D eigenvalue weighted by Crippen LogP contribution is -2.22. The SMILES string of the molecule is CC(N[C@H](C)c1cccc(Cl)c1)c1cc(-c2ccc(OCF)cc2)c2ccccc2c1. The normalized spacial score (nSPS) is 13.2. The van der Waals surface area contributed by atoms with E-state index in [1.165, 1.54) is 16.3 Å². The van der Waals surface area contributed by atoms with Gasteiger partial charge in [0.2, 0.25) is 6.86 Å². The van der Waals surface area contributed by atoms with Gasteiger partial charge < -0.3 is 10.1 Å². The number of fused-ring (bicyclic) bond motifs is 1. The lowest BCUT2D eigenvalue weighted by atomic mass is 9.93. The van der Waals surface area contributed by atoms with Crippen molar-refractivity contribution in [3.8, 4) is 16.9 Å². The van der Waals surface area contributed by atoms with Gasteiger partial charge in [-0.1, -0.05) is 60.1 Å². The fraction of sp³-hybridized carbons (Fsp3) is 0.185. The summed E-state index contributed by atoms with van der Waals surface area (Å²) in [6, 6.07) is 28.6. The number of hydrogen-bond donors (Lipinski definition) is 1. The highest BCUT2D eigenvalue weighted by Gasteiger charge is 2.14. The van der Waals surface area contributed by atoms with Crippen LogP contribution in [0.15, 0.2) is 84.9 Å². The summed E-state index contributed by atoms with van der Waals surface area (Å²) in [6.45, 7) is 3.49. The highest BCUT2D eigenvalue weighted by molar-refractivity contribution is 6.30. The summed E-state index contributed by atoms with van der Waals surface area (Å²) < 4.78 is 17.4. The van der Waals surface area contributed by atoms with Gasteiger partial charge in [-0.3, -0.25) is 0 Å². The largest absolute Gasteiger partial charge is 0.463 e. The van der Waals surface area contributed by atoms with Gasteiger partial charge in [0.1, 0.15) is 5.75 Å². The predicted octanol–water partition coefficient (Wildman–Crippen LogP) is 7.88. The zero-order chi connectivity index (χ0) is 21.8. The van der Waals surface area contributed by atoms with Crippen LogP contribution in [-0.4, -0.2) is 6.86 Å². The van der Waals surface area contributed by atoms with Crippen LogP contribution in [0.4, 0.5) is 4.39 Å². The van der Waals surface area contributed by atoms with E-state index in [9.17, 15) is 4.39 Å². The van der Waals surface area contributed by atoms with E-state index in [4.69, 9.17) is 16.3 Å². The molecule has 0 saturated carbocycles. The molecule has 4 rings (SSSR count). The van der Waals surface area contributed by atoms with Crippen molar-refractivity contribution in [2.24, 2.45) is 0 Å². The van der Waals surface area contributed by atoms with Crippen LogP contribution in [0, 0.1) is 0 Å². The minimum absolute atomic E-state index is 0.131. The molecule has 4 heteroatoms. The smallest absolute Gasteiger partial charge is 0.228 e. The van der Waals surface area contributed by atoms with Crippen molar-refractivity contribution in [2.45, 2.75) is 25.9 Å². The van der Waals surface area contributed by atoms with Crippen molar-refractivity contribution >= 4 is 22.4 Å². The summed E-state index contributed by atoms with van der Waals surface area (Å²) in [5, 5.41) is 6.80. The molecule has 2 atom stereocenters. The van der Waals surface area contributed by atoms with E-state index in [1.54, 1.807) is 12.1 Å². The van der Waals surface area contributed by atoms with Crippen LogP contribution >= 0.6 is 11.6 Å². The van der Waals surface area contributed by atoms with Gasteiger partial charge in [-0.15, -0.1) is 0 Å². The molecule has 1 unspecified atom stereocenters. The van der Waals surface area contributed by atoms with Crippen LogP contribution in [0.2, 0.25) is 5.02 Å². The molecule has 0 heterocycles. The van der Waals surface area contributed by atoms with E-state index in [1.807, 2.05) is 30.3 Å². The van der Waals surface area contributed by atoms with Gasteiger partial charge in [0.25, 0.3) is 0 Å². The van der Waals surface area contributed by atoms with Crippen molar-refractivity contribution in [1.29, 1.82) is 0 Å². The maximum atomic E-state index is 12.5. The fourth-order valence-electron chi connectivity index (χ4n) is 3.96. The quantitative estimate of drug-likeness (QED) is 0.320. The first kappa shape index (κ1) is 21.4. The molecular formula is C27H25ClFNO. The Balaban J connectivity index is 1.68. The second kappa shape index (κ2) is 9.51. The maximum absolute atomic E-state index is 12.5. The van der Waals surface area contributed by atoms with Crippen LogP contribution in [0.25, 0.3) is 21.9 Å². The first-order valence-corrected chi connectivity index (χ1v) is 10.8. The Morgan fingerprint density at radius 3 is 2.32 bits per heavy atom. The molecule has 0 fully saturated rings. The predicted molar refractivity (Wildman–Crippen MR) is 127 cm³/mol. The van der Waals surface area contributed by atoms with Crippen molar-refractivity contribution in [3.63, 3.8) is 0 Å². The molecule has 0 spiro atoms. The minimum atomic E-state index is -0.828. The Labute approximate surface area is 187 Å². The molecule has 4 aromatic rings. The standard InChI is InChI=1S/C27H25ClFNO/c1-18(21-7-5-8-24(28)15-21)30-19(2)23-14-22-6-3-4-9-26(22)27(16-23)20-10-12-25(13-11-20)31-17-29/h3-16,18-19,30H,17H2,1-2H3/t18-,19?/m1/s1. The summed E-state index contributed by atoms with van der Waals surface area (Å²) >= 11 is 6.17. The molecule has 0 aromatic heterocycles. The highest BCUT2D eigenvalue weighted by Crippen LogP contribution is 2.34. The second-order valence-electron chi connectivity index (χ2n) is 7.73. The van der Waals surface area contributed by atoms with Gasteiger partial charge in [0.15, 0.2) is 0 Å². The lowest BCUT2D eigenvalue weighted by Gasteiger charge is -2.22. The molecule has 0 aliphatic carbocycles. The third-order valence-corrected chi connectivity index (χ3v) is 5.85. The third-order valence-electron chi connectivity index (χ3n) is 5.62. The van der Waals surface area contributed by atoms with E-state index in [-0.39, 0.29) is 12.1 Å². The van der Waals surface area contributed by atoms with Gasteiger partial charge in [-0.2, -0.15) is 0 Å². The lowest BCUT2D eigenvalue weighted by molar-refractivity contribution is 0.192. The molecule has 0 aliphatic rings. The zero-order valence-electron chi connectivity index (χ0n) is 17.6. The monoisotopic (exact) mass is 433 g/mol. The summed E-state index contributed by atoms with van der Waals surface area (Å²) in [4.78, 5) is 0. The van der Waals surface area contributed by atoms with E-state index < -0.39 is 6.86 Å². The Bertz CT molecular complexity index is 1180. The molecule has 0 bridgehead atoms. The Kier molecular flexibility index (Phi) is 6.55. The Morgan fingerprint density at radius 1 is 0.839 bits per heavy atom. The number of rotatable bonds is 7. The summed E-state index contributed by atoms with van der Waals surface area (Å²) in [7, 11) is 0. The van der Waals surface area contributed by atoms with Crippen molar-refractivity contribution in [1.82, 2.24) is 5.32 Å². The second-order valence-corrected chi connectivity index (χ2v) is 8.17. The van der Waals surface area contributed by atoms with E-state index in [0.717, 1.165) is 21.7 Å². The number of alkyl halides is 1. The topological polar surface area (TPSA) is 21.3 Å². The molecular weight excluding hydrogens is 409 g/mol. The molecule has 0 amide bonds.